The molecule has 1 aliphatic rings. The van der Waals surface area contributed by atoms with Gasteiger partial charge in [-0.15, -0.1) is 5.10 Å². The summed E-state index contributed by atoms with van der Waals surface area (Å²) in [6.45, 7) is 0.893. The van der Waals surface area contributed by atoms with Crippen molar-refractivity contribution < 1.29 is 27.5 Å². The highest BCUT2D eigenvalue weighted by molar-refractivity contribution is 5.86. The normalized spacial score (nSPS) is 18.3. The van der Waals surface area contributed by atoms with Crippen molar-refractivity contribution in [2.75, 3.05) is 20.2 Å². The Morgan fingerprint density at radius 3 is 2.68 bits per heavy atom. The lowest BCUT2D eigenvalue weighted by Crippen LogP contribution is -2.43. The van der Waals surface area contributed by atoms with Gasteiger partial charge >= 0.3 is 12.1 Å². The lowest BCUT2D eigenvalue weighted by Gasteiger charge is -2.22. The number of rotatable bonds is 8. The van der Waals surface area contributed by atoms with Crippen LogP contribution in [0.25, 0.3) is 6.08 Å². The van der Waals surface area contributed by atoms with Crippen molar-refractivity contribution in [1.82, 2.24) is 25.2 Å². The second-order valence-electron chi connectivity index (χ2n) is 8.66. The van der Waals surface area contributed by atoms with Crippen molar-refractivity contribution in [1.29, 1.82) is 0 Å². The van der Waals surface area contributed by atoms with Crippen LogP contribution in [0.1, 0.15) is 39.6 Å². The van der Waals surface area contributed by atoms with Gasteiger partial charge in [-0.25, -0.2) is 9.48 Å². The van der Waals surface area contributed by atoms with Gasteiger partial charge in [-0.05, 0) is 29.7 Å². The number of nitrogens with one attached hydrogen (secondary N) is 1. The van der Waals surface area contributed by atoms with Crippen LogP contribution in [0.2, 0.25) is 0 Å². The molecule has 11 heteroatoms. The molecule has 3 aromatic rings. The molecule has 4 rings (SSSR count). The smallest absolute Gasteiger partial charge is 0.416 e. The summed E-state index contributed by atoms with van der Waals surface area (Å²) in [4.78, 5) is 26.9. The van der Waals surface area contributed by atoms with Crippen LogP contribution < -0.4 is 5.32 Å². The van der Waals surface area contributed by atoms with E-state index in [1.807, 2.05) is 47.4 Å². The van der Waals surface area contributed by atoms with Gasteiger partial charge in [-0.3, -0.25) is 9.69 Å². The maximum Gasteiger partial charge on any atom is 0.416 e. The second kappa shape index (κ2) is 11.4. The van der Waals surface area contributed by atoms with Gasteiger partial charge in [0, 0.05) is 19.6 Å². The number of aromatic nitrogens is 3. The second-order valence-corrected chi connectivity index (χ2v) is 8.66. The van der Waals surface area contributed by atoms with Gasteiger partial charge in [0.15, 0.2) is 5.69 Å². The summed E-state index contributed by atoms with van der Waals surface area (Å²) in [6.07, 6.45) is 1.32. The highest BCUT2D eigenvalue weighted by atomic mass is 19.4. The molecular formula is C26H26F3N5O3. The Morgan fingerprint density at radius 2 is 1.95 bits per heavy atom. The van der Waals surface area contributed by atoms with Crippen LogP contribution in [0.4, 0.5) is 13.2 Å². The molecule has 37 heavy (non-hydrogen) atoms. The van der Waals surface area contributed by atoms with Gasteiger partial charge in [-0.2, -0.15) is 13.2 Å². The molecular weight excluding hydrogens is 487 g/mol. The first-order valence-electron chi connectivity index (χ1n) is 11.6. The number of nitrogens with zero attached hydrogens (tertiary/aromatic N) is 4. The molecule has 0 unspecified atom stereocenters. The Balaban J connectivity index is 1.47. The molecule has 1 amide bonds. The summed E-state index contributed by atoms with van der Waals surface area (Å²) in [5.41, 5.74) is 0.672. The number of carbonyl (C=O) groups is 2. The standard InChI is InChI=1S/C26H26F3N5O3/c1-37-25(36)22-17-34(32-31-22)21-14-23(33(16-21)12-6-10-18-7-3-2-4-8-18)24(35)30-15-19-9-5-11-20(13-19)26(27,28)29/h2-11,13,17,21,23H,12,14-16H2,1H3,(H,30,35)/b10-6+/t21-,23-/m0/s1. The predicted octanol–water partition coefficient (Wildman–Crippen LogP) is 3.73. The zero-order valence-electron chi connectivity index (χ0n) is 20.1. The first kappa shape index (κ1) is 26.1. The largest absolute Gasteiger partial charge is 0.464 e. The lowest BCUT2D eigenvalue weighted by atomic mass is 10.1. The number of esters is 1. The first-order chi connectivity index (χ1) is 17.7. The van der Waals surface area contributed by atoms with E-state index in [1.165, 1.54) is 25.4 Å². The Morgan fingerprint density at radius 1 is 1.16 bits per heavy atom. The number of halogens is 3. The van der Waals surface area contributed by atoms with Crippen molar-refractivity contribution in [3.8, 4) is 0 Å². The van der Waals surface area contributed by atoms with Gasteiger partial charge in [0.1, 0.15) is 0 Å². The van der Waals surface area contributed by atoms with Crippen LogP contribution in [0.5, 0.6) is 0 Å². The third-order valence-corrected chi connectivity index (χ3v) is 6.13. The fourth-order valence-corrected chi connectivity index (χ4v) is 4.25. The van der Waals surface area contributed by atoms with E-state index in [2.05, 4.69) is 20.4 Å². The molecule has 1 aliphatic heterocycles. The fraction of sp³-hybridized carbons (Fsp3) is 0.308. The minimum atomic E-state index is -4.46. The van der Waals surface area contributed by atoms with Crippen LogP contribution >= 0.6 is 0 Å². The SMILES string of the molecule is COC(=O)c1cn([C@H]2C[C@@H](C(=O)NCc3cccc(C(F)(F)F)c3)N(C/C=C/c3ccccc3)C2)nn1. The summed E-state index contributed by atoms with van der Waals surface area (Å²) in [5.74, 6) is -0.913. The molecule has 0 spiro atoms. The average Bonchev–Trinajstić information content (AvgIpc) is 3.55. The molecule has 0 bridgehead atoms. The molecule has 2 aromatic carbocycles. The van der Waals surface area contributed by atoms with Crippen molar-refractivity contribution in [3.63, 3.8) is 0 Å². The maximum atomic E-state index is 13.2. The minimum Gasteiger partial charge on any atom is -0.464 e. The van der Waals surface area contributed by atoms with Crippen LogP contribution in [-0.2, 0) is 22.3 Å². The molecule has 1 aromatic heterocycles. The average molecular weight is 514 g/mol. The van der Waals surface area contributed by atoms with E-state index >= 15 is 0 Å². The predicted molar refractivity (Wildman–Crippen MR) is 129 cm³/mol. The van der Waals surface area contributed by atoms with Crippen LogP contribution in [0.15, 0.2) is 66.9 Å². The zero-order valence-corrected chi connectivity index (χ0v) is 20.1. The van der Waals surface area contributed by atoms with Crippen molar-refractivity contribution in [2.45, 2.75) is 31.2 Å². The summed E-state index contributed by atoms with van der Waals surface area (Å²) in [5, 5.41) is 10.6. The number of amides is 1. The van der Waals surface area contributed by atoms with Gasteiger partial charge in [0.05, 0.1) is 31.0 Å². The van der Waals surface area contributed by atoms with Gasteiger partial charge in [0.2, 0.25) is 5.91 Å². The topological polar surface area (TPSA) is 89.4 Å². The molecule has 8 nitrogen and oxygen atoms in total. The lowest BCUT2D eigenvalue weighted by molar-refractivity contribution is -0.137. The van der Waals surface area contributed by atoms with E-state index in [9.17, 15) is 22.8 Å². The van der Waals surface area contributed by atoms with Crippen molar-refractivity contribution >= 4 is 18.0 Å². The minimum absolute atomic E-state index is 0.0343. The van der Waals surface area contributed by atoms with E-state index in [0.29, 0.717) is 25.1 Å². The molecule has 1 fully saturated rings. The highest BCUT2D eigenvalue weighted by Crippen LogP contribution is 2.30. The number of ether oxygens (including phenoxy) is 1. The molecule has 1 N–H and O–H groups in total. The summed E-state index contributed by atoms with van der Waals surface area (Å²) in [7, 11) is 1.25. The van der Waals surface area contributed by atoms with Crippen LogP contribution in [0, 0.1) is 0 Å². The Bertz CT molecular complexity index is 1260. The molecule has 2 atom stereocenters. The molecule has 194 valence electrons. The number of alkyl halides is 3. The van der Waals surface area contributed by atoms with Crippen molar-refractivity contribution in [2.24, 2.45) is 0 Å². The summed E-state index contributed by atoms with van der Waals surface area (Å²) >= 11 is 0. The van der Waals surface area contributed by atoms with E-state index < -0.39 is 23.8 Å². The van der Waals surface area contributed by atoms with Gasteiger partial charge in [-0.1, -0.05) is 59.8 Å². The summed E-state index contributed by atoms with van der Waals surface area (Å²) < 4.78 is 45.3. The number of methoxy groups -OCH3 is 1. The molecule has 0 saturated carbocycles. The van der Waals surface area contributed by atoms with Crippen molar-refractivity contribution in [3.05, 3.63) is 89.3 Å². The Kier molecular flexibility index (Phi) is 8.02. The summed E-state index contributed by atoms with van der Waals surface area (Å²) in [6, 6.07) is 13.8. The third-order valence-electron chi connectivity index (χ3n) is 6.13. The Hall–Kier alpha value is -3.99. The molecule has 0 radical (unpaired) electrons. The molecule has 0 aliphatic carbocycles. The number of hydrogen-bond donors (Lipinski definition) is 1. The first-order valence-corrected chi connectivity index (χ1v) is 11.6. The molecule has 1 saturated heterocycles. The quantitative estimate of drug-likeness (QED) is 0.462. The number of carbonyl (C=O) groups excluding carboxylic acids is 2. The van der Waals surface area contributed by atoms with Crippen LogP contribution in [-0.4, -0.2) is 58.0 Å². The number of benzene rings is 2. The third kappa shape index (κ3) is 6.62. The highest BCUT2D eigenvalue weighted by Gasteiger charge is 2.38. The zero-order chi connectivity index (χ0) is 26.4. The van der Waals surface area contributed by atoms with E-state index in [1.54, 1.807) is 4.68 Å². The van der Waals surface area contributed by atoms with Crippen LogP contribution in [0.3, 0.4) is 0 Å². The van der Waals surface area contributed by atoms with E-state index in [-0.39, 0.29) is 24.2 Å². The fourth-order valence-electron chi connectivity index (χ4n) is 4.25. The maximum absolute atomic E-state index is 13.2. The monoisotopic (exact) mass is 513 g/mol. The number of likely N-dealkylation sites (tertiary alicyclic amines) is 1. The molecule has 2 heterocycles. The van der Waals surface area contributed by atoms with E-state index in [0.717, 1.165) is 17.7 Å². The Labute approximate surface area is 211 Å². The van der Waals surface area contributed by atoms with E-state index in [4.69, 9.17) is 0 Å². The number of hydrogen-bond acceptors (Lipinski definition) is 6. The van der Waals surface area contributed by atoms with Gasteiger partial charge < -0.3 is 10.1 Å². The van der Waals surface area contributed by atoms with Gasteiger partial charge in [0.25, 0.3) is 0 Å².